The molecule has 0 aliphatic carbocycles. The number of ether oxygens (including phenoxy) is 1. The van der Waals surface area contributed by atoms with E-state index in [9.17, 15) is 9.59 Å². The van der Waals surface area contributed by atoms with Crippen molar-refractivity contribution in [3.05, 3.63) is 26.9 Å². The van der Waals surface area contributed by atoms with E-state index in [0.29, 0.717) is 25.7 Å². The maximum atomic E-state index is 11.4. The number of hydrogen-bond acceptors (Lipinski definition) is 4. The van der Waals surface area contributed by atoms with Gasteiger partial charge in [0.1, 0.15) is 5.82 Å². The van der Waals surface area contributed by atoms with Gasteiger partial charge in [0, 0.05) is 12.7 Å². The molecule has 90 valence electrons. The Kier molecular flexibility index (Phi) is 4.30. The van der Waals surface area contributed by atoms with E-state index in [2.05, 4.69) is 4.98 Å². The van der Waals surface area contributed by atoms with E-state index in [-0.39, 0.29) is 5.82 Å². The molecule has 0 saturated carbocycles. The van der Waals surface area contributed by atoms with Crippen molar-refractivity contribution in [3.8, 4) is 0 Å². The fraction of sp³-hybridized carbons (Fsp3) is 0.600. The van der Waals surface area contributed by atoms with Crippen LogP contribution in [0.4, 0.5) is 5.82 Å². The largest absolute Gasteiger partial charge is 0.385 e. The summed E-state index contributed by atoms with van der Waals surface area (Å²) in [6.07, 6.45) is 0. The van der Waals surface area contributed by atoms with Gasteiger partial charge in [0.2, 0.25) is 0 Å². The number of anilines is 1. The fourth-order valence-corrected chi connectivity index (χ4v) is 1.24. The molecule has 0 spiro atoms. The summed E-state index contributed by atoms with van der Waals surface area (Å²) in [5, 5.41) is 0. The third kappa shape index (κ3) is 3.54. The third-order valence-electron chi connectivity index (χ3n) is 1.98. The van der Waals surface area contributed by atoms with Gasteiger partial charge in [-0.05, 0) is 5.92 Å². The highest BCUT2D eigenvalue weighted by Gasteiger charge is 2.02. The predicted octanol–water partition coefficient (Wildman–Crippen LogP) is -0.209. The average molecular weight is 227 g/mol. The Balaban J connectivity index is 2.61. The molecule has 3 N–H and O–H groups in total. The first-order valence-corrected chi connectivity index (χ1v) is 5.18. The van der Waals surface area contributed by atoms with Crippen molar-refractivity contribution in [3.63, 3.8) is 0 Å². The standard InChI is InChI=1S/C10H17N3O3/c1-7(2)6-16-4-3-13-8(11)5-9(14)12-10(13)15/h5,7H,3-4,6,11H2,1-2H3,(H,12,14,15). The van der Waals surface area contributed by atoms with E-state index >= 15 is 0 Å². The van der Waals surface area contributed by atoms with Crippen LogP contribution in [0.5, 0.6) is 0 Å². The molecular weight excluding hydrogens is 210 g/mol. The van der Waals surface area contributed by atoms with Gasteiger partial charge in [0.05, 0.1) is 13.2 Å². The molecule has 0 amide bonds. The molecule has 1 aromatic heterocycles. The molecule has 16 heavy (non-hydrogen) atoms. The van der Waals surface area contributed by atoms with Gasteiger partial charge in [0.25, 0.3) is 5.56 Å². The minimum Gasteiger partial charge on any atom is -0.385 e. The number of nitrogens with two attached hydrogens (primary N) is 1. The van der Waals surface area contributed by atoms with Gasteiger partial charge in [-0.1, -0.05) is 13.8 Å². The quantitative estimate of drug-likeness (QED) is 0.681. The van der Waals surface area contributed by atoms with E-state index < -0.39 is 11.2 Å². The van der Waals surface area contributed by atoms with E-state index in [0.717, 1.165) is 0 Å². The Hall–Kier alpha value is -1.56. The second-order valence-electron chi connectivity index (χ2n) is 3.98. The molecule has 0 aliphatic rings. The number of rotatable bonds is 5. The highest BCUT2D eigenvalue weighted by Crippen LogP contribution is 1.95. The van der Waals surface area contributed by atoms with Crippen LogP contribution in [0.25, 0.3) is 0 Å². The molecule has 0 unspecified atom stereocenters. The highest BCUT2D eigenvalue weighted by atomic mass is 16.5. The Morgan fingerprint density at radius 2 is 2.19 bits per heavy atom. The fourth-order valence-electron chi connectivity index (χ4n) is 1.24. The van der Waals surface area contributed by atoms with Crippen LogP contribution < -0.4 is 17.0 Å². The van der Waals surface area contributed by atoms with E-state index in [1.54, 1.807) is 0 Å². The van der Waals surface area contributed by atoms with Gasteiger partial charge in [-0.2, -0.15) is 0 Å². The highest BCUT2D eigenvalue weighted by molar-refractivity contribution is 5.25. The van der Waals surface area contributed by atoms with Crippen LogP contribution in [0.1, 0.15) is 13.8 Å². The molecule has 0 aliphatic heterocycles. The lowest BCUT2D eigenvalue weighted by Crippen LogP contribution is -2.32. The smallest absolute Gasteiger partial charge is 0.329 e. The van der Waals surface area contributed by atoms with Crippen molar-refractivity contribution in [2.75, 3.05) is 18.9 Å². The average Bonchev–Trinajstić information content (AvgIpc) is 2.14. The molecular formula is C10H17N3O3. The lowest BCUT2D eigenvalue weighted by atomic mass is 10.2. The summed E-state index contributed by atoms with van der Waals surface area (Å²) < 4.78 is 6.61. The molecule has 6 heteroatoms. The van der Waals surface area contributed by atoms with Crippen LogP contribution in [0.2, 0.25) is 0 Å². The molecule has 0 atom stereocenters. The molecule has 6 nitrogen and oxygen atoms in total. The first-order chi connectivity index (χ1) is 7.50. The number of nitrogen functional groups attached to an aromatic ring is 1. The molecule has 0 bridgehead atoms. The van der Waals surface area contributed by atoms with Gasteiger partial charge in [-0.3, -0.25) is 14.3 Å². The zero-order valence-electron chi connectivity index (χ0n) is 9.53. The van der Waals surface area contributed by atoms with E-state index in [1.807, 2.05) is 13.8 Å². The topological polar surface area (TPSA) is 90.1 Å². The van der Waals surface area contributed by atoms with E-state index in [1.165, 1.54) is 10.6 Å². The number of H-pyrrole nitrogens is 1. The monoisotopic (exact) mass is 227 g/mol. The van der Waals surface area contributed by atoms with Crippen molar-refractivity contribution in [1.82, 2.24) is 9.55 Å². The summed E-state index contributed by atoms with van der Waals surface area (Å²) in [7, 11) is 0. The van der Waals surface area contributed by atoms with Crippen molar-refractivity contribution in [1.29, 1.82) is 0 Å². The molecule has 0 radical (unpaired) electrons. The molecule has 0 aromatic carbocycles. The maximum absolute atomic E-state index is 11.4. The lowest BCUT2D eigenvalue weighted by Gasteiger charge is -2.09. The normalized spacial score (nSPS) is 10.9. The summed E-state index contributed by atoms with van der Waals surface area (Å²) in [6.45, 7) is 5.46. The first-order valence-electron chi connectivity index (χ1n) is 5.18. The summed E-state index contributed by atoms with van der Waals surface area (Å²) in [4.78, 5) is 24.4. The number of aromatic nitrogens is 2. The lowest BCUT2D eigenvalue weighted by molar-refractivity contribution is 0.103. The number of nitrogens with one attached hydrogen (secondary N) is 1. The van der Waals surface area contributed by atoms with Gasteiger partial charge >= 0.3 is 5.69 Å². The summed E-state index contributed by atoms with van der Waals surface area (Å²) in [5.41, 5.74) is 4.57. The summed E-state index contributed by atoms with van der Waals surface area (Å²) >= 11 is 0. The van der Waals surface area contributed by atoms with Gasteiger partial charge < -0.3 is 10.5 Å². The predicted molar refractivity (Wildman–Crippen MR) is 61.4 cm³/mol. The van der Waals surface area contributed by atoms with Gasteiger partial charge in [-0.15, -0.1) is 0 Å². The van der Waals surface area contributed by atoms with Gasteiger partial charge in [0.15, 0.2) is 0 Å². The Bertz CT molecular complexity index is 447. The Morgan fingerprint density at radius 3 is 2.75 bits per heavy atom. The number of hydrogen-bond donors (Lipinski definition) is 2. The zero-order valence-corrected chi connectivity index (χ0v) is 9.53. The second kappa shape index (κ2) is 5.50. The molecule has 1 rings (SSSR count). The van der Waals surface area contributed by atoms with Crippen LogP contribution >= 0.6 is 0 Å². The van der Waals surface area contributed by atoms with Crippen LogP contribution in [0.15, 0.2) is 15.7 Å². The van der Waals surface area contributed by atoms with Crippen molar-refractivity contribution in [2.45, 2.75) is 20.4 Å². The summed E-state index contributed by atoms with van der Waals surface area (Å²) in [6, 6.07) is 1.18. The second-order valence-corrected chi connectivity index (χ2v) is 3.98. The van der Waals surface area contributed by atoms with E-state index in [4.69, 9.17) is 10.5 Å². The minimum atomic E-state index is -0.502. The van der Waals surface area contributed by atoms with Crippen molar-refractivity contribution >= 4 is 5.82 Å². The van der Waals surface area contributed by atoms with Crippen molar-refractivity contribution < 1.29 is 4.74 Å². The van der Waals surface area contributed by atoms with Crippen LogP contribution in [-0.2, 0) is 11.3 Å². The van der Waals surface area contributed by atoms with Gasteiger partial charge in [-0.25, -0.2) is 4.79 Å². The van der Waals surface area contributed by atoms with Crippen LogP contribution in [-0.4, -0.2) is 22.8 Å². The minimum absolute atomic E-state index is 0.155. The third-order valence-corrected chi connectivity index (χ3v) is 1.98. The zero-order chi connectivity index (χ0) is 12.1. The molecule has 0 fully saturated rings. The SMILES string of the molecule is CC(C)COCCn1c(N)cc(=O)[nH]c1=O. The molecule has 0 saturated heterocycles. The first kappa shape index (κ1) is 12.5. The number of nitrogens with zero attached hydrogens (tertiary/aromatic N) is 1. The molecule has 1 aromatic rings. The Morgan fingerprint density at radius 1 is 1.50 bits per heavy atom. The van der Waals surface area contributed by atoms with Crippen molar-refractivity contribution in [2.24, 2.45) is 5.92 Å². The summed E-state index contributed by atoms with van der Waals surface area (Å²) in [5.74, 6) is 0.603. The molecule has 1 heterocycles. The van der Waals surface area contributed by atoms with Crippen LogP contribution in [0.3, 0.4) is 0 Å². The maximum Gasteiger partial charge on any atom is 0.329 e. The van der Waals surface area contributed by atoms with Crippen LogP contribution in [0, 0.1) is 5.92 Å². The Labute approximate surface area is 93.0 Å². The number of aromatic amines is 1.